The molecule has 5 rings (SSSR count). The van der Waals surface area contributed by atoms with Crippen molar-refractivity contribution in [2.75, 3.05) is 25.5 Å². The van der Waals surface area contributed by atoms with Gasteiger partial charge in [0.05, 0.1) is 22.8 Å². The molecule has 1 aliphatic rings. The fraction of sp³-hybridized carbons (Fsp3) is 0.407. The van der Waals surface area contributed by atoms with Gasteiger partial charge in [-0.15, -0.1) is 0 Å². The van der Waals surface area contributed by atoms with Crippen molar-refractivity contribution >= 4 is 25.7 Å². The van der Waals surface area contributed by atoms with Crippen molar-refractivity contribution in [2.45, 2.75) is 44.4 Å². The molecule has 210 valence electrons. The molecule has 0 saturated carbocycles. The monoisotopic (exact) mass is 561 g/mol. The number of amides is 1. The van der Waals surface area contributed by atoms with Crippen molar-refractivity contribution < 1.29 is 14.6 Å². The molecule has 1 amide bonds. The summed E-state index contributed by atoms with van der Waals surface area (Å²) in [5.74, 6) is 0.686. The number of anilines is 2. The number of aryl methyl sites for hydroxylation is 1. The summed E-state index contributed by atoms with van der Waals surface area (Å²) in [6, 6.07) is 11.9. The van der Waals surface area contributed by atoms with Crippen LogP contribution >= 0.6 is 0 Å². The summed E-state index contributed by atoms with van der Waals surface area (Å²) in [6.45, 7) is 8.05. The number of ether oxygens (including phenoxy) is 1. The first kappa shape index (κ1) is 27.6. The zero-order valence-corrected chi connectivity index (χ0v) is 24.5. The third-order valence-electron chi connectivity index (χ3n) is 6.81. The molecule has 1 atom stereocenters. The average molecular weight is 562 g/mol. The number of carbonyl (C=O) groups excluding carboxylic acids is 1. The van der Waals surface area contributed by atoms with Crippen LogP contribution in [0.5, 0.6) is 0 Å². The molecule has 0 bridgehead atoms. The molecule has 4 aromatic rings. The topological polar surface area (TPSA) is 136 Å². The highest BCUT2D eigenvalue weighted by Crippen LogP contribution is 2.35. The summed E-state index contributed by atoms with van der Waals surface area (Å²) in [5.41, 5.74) is 1.10. The fourth-order valence-corrected chi connectivity index (χ4v) is 5.23. The van der Waals surface area contributed by atoms with E-state index < -0.39 is 13.7 Å². The first-order valence-corrected chi connectivity index (χ1v) is 16.9. The van der Waals surface area contributed by atoms with Crippen LogP contribution in [-0.2, 0) is 28.9 Å². The molecule has 4 aromatic heterocycles. The number of carbonyl (C=O) groups is 1. The van der Waals surface area contributed by atoms with E-state index in [0.29, 0.717) is 53.4 Å². The van der Waals surface area contributed by atoms with E-state index in [-0.39, 0.29) is 19.1 Å². The minimum atomic E-state index is -1.67. The lowest BCUT2D eigenvalue weighted by Gasteiger charge is -2.22. The van der Waals surface area contributed by atoms with Crippen LogP contribution in [0, 0.1) is 0 Å². The average Bonchev–Trinajstić information content (AvgIpc) is 3.61. The molecule has 0 spiro atoms. The van der Waals surface area contributed by atoms with Crippen LogP contribution in [0.3, 0.4) is 0 Å². The van der Waals surface area contributed by atoms with Gasteiger partial charge in [-0.25, -0.2) is 19.6 Å². The highest BCUT2D eigenvalue weighted by atomic mass is 28.3. The van der Waals surface area contributed by atoms with E-state index in [4.69, 9.17) is 14.8 Å². The third-order valence-corrected chi connectivity index (χ3v) is 8.51. The van der Waals surface area contributed by atoms with Gasteiger partial charge in [0.1, 0.15) is 12.4 Å². The number of nitrogens with zero attached hydrogens (tertiary/aromatic N) is 8. The lowest BCUT2D eigenvalue weighted by Crippen LogP contribution is -2.38. The third kappa shape index (κ3) is 5.95. The first-order valence-electron chi connectivity index (χ1n) is 13.2. The maximum Gasteiger partial charge on any atom is 0.260 e. The second kappa shape index (κ2) is 10.9. The van der Waals surface area contributed by atoms with Gasteiger partial charge in [0.25, 0.3) is 5.91 Å². The van der Waals surface area contributed by atoms with Gasteiger partial charge in [-0.3, -0.25) is 9.48 Å². The molecule has 0 aromatic carbocycles. The number of likely N-dealkylation sites (tertiary alicyclic amines) is 1. The van der Waals surface area contributed by atoms with Crippen LogP contribution in [0.4, 0.5) is 11.8 Å². The quantitative estimate of drug-likeness (QED) is 0.221. The van der Waals surface area contributed by atoms with E-state index in [0.717, 1.165) is 6.04 Å². The van der Waals surface area contributed by atoms with Gasteiger partial charge in [0.15, 0.2) is 11.4 Å². The molecular formula is C27H35N9O3Si. The Hall–Kier alpha value is -3.94. The van der Waals surface area contributed by atoms with E-state index in [1.165, 1.54) is 4.90 Å². The van der Waals surface area contributed by atoms with Gasteiger partial charge in [-0.1, -0.05) is 25.7 Å². The fourth-order valence-electron chi connectivity index (χ4n) is 4.47. The van der Waals surface area contributed by atoms with Gasteiger partial charge >= 0.3 is 0 Å². The van der Waals surface area contributed by atoms with Crippen molar-refractivity contribution in [1.82, 2.24) is 39.4 Å². The minimum absolute atomic E-state index is 0.132. The zero-order chi connectivity index (χ0) is 28.5. The molecule has 5 heterocycles. The van der Waals surface area contributed by atoms with Gasteiger partial charge in [0.2, 0.25) is 5.95 Å². The van der Waals surface area contributed by atoms with E-state index in [9.17, 15) is 9.90 Å². The Bertz CT molecular complexity index is 1510. The van der Waals surface area contributed by atoms with Crippen molar-refractivity contribution in [3.63, 3.8) is 0 Å². The zero-order valence-electron chi connectivity index (χ0n) is 23.5. The maximum absolute atomic E-state index is 12.9. The van der Waals surface area contributed by atoms with Gasteiger partial charge < -0.3 is 20.1 Å². The summed E-state index contributed by atoms with van der Waals surface area (Å²) >= 11 is 0. The molecule has 0 radical (unpaired) electrons. The molecule has 0 aliphatic carbocycles. The molecule has 13 heteroatoms. The van der Waals surface area contributed by atoms with Gasteiger partial charge in [-0.05, 0) is 30.3 Å². The number of likely N-dealkylation sites (N-methyl/N-ethyl adjacent to an activating group) is 1. The largest absolute Gasteiger partial charge is 0.374 e. The second-order valence-electron chi connectivity index (χ2n) is 11.3. The Balaban J connectivity index is 1.44. The van der Waals surface area contributed by atoms with E-state index in [2.05, 4.69) is 40.0 Å². The summed E-state index contributed by atoms with van der Waals surface area (Å²) in [4.78, 5) is 28.2. The van der Waals surface area contributed by atoms with E-state index >= 15 is 0 Å². The number of rotatable bonds is 10. The lowest BCUT2D eigenvalue weighted by molar-refractivity contribution is -0.143. The van der Waals surface area contributed by atoms with Crippen molar-refractivity contribution in [3.05, 3.63) is 54.5 Å². The predicted octanol–water partition coefficient (Wildman–Crippen LogP) is 3.24. The molecule has 1 saturated heterocycles. The number of hydrogen-bond acceptors (Lipinski definition) is 9. The maximum atomic E-state index is 12.9. The van der Waals surface area contributed by atoms with E-state index in [1.807, 2.05) is 37.5 Å². The standard InChI is InChI=1S/C27H35N9O3Si/c1-34-14-11-27(38,25(34)37)23-17-22(32-36(23)18-39-15-16-40(3,4)5)20-8-6-7-19(29-20)21-9-12-28-26(30-21)31-24-10-13-35(2)33-24/h6-10,12-13,17,38H,11,14-16,18H2,1-5H3,(H,28,30,31,33). The summed E-state index contributed by atoms with van der Waals surface area (Å²) < 4.78 is 9.24. The normalized spacial score (nSPS) is 17.6. The minimum Gasteiger partial charge on any atom is -0.374 e. The van der Waals surface area contributed by atoms with Crippen LogP contribution in [0.1, 0.15) is 12.1 Å². The van der Waals surface area contributed by atoms with Crippen LogP contribution in [-0.4, -0.2) is 78.7 Å². The summed E-state index contributed by atoms with van der Waals surface area (Å²) in [5, 5.41) is 23.6. The molecule has 1 fully saturated rings. The Kier molecular flexibility index (Phi) is 7.53. The predicted molar refractivity (Wildman–Crippen MR) is 153 cm³/mol. The molecule has 1 unspecified atom stereocenters. The molecule has 40 heavy (non-hydrogen) atoms. The molecule has 12 nitrogen and oxygen atoms in total. The van der Waals surface area contributed by atoms with Crippen molar-refractivity contribution in [1.29, 1.82) is 0 Å². The summed E-state index contributed by atoms with van der Waals surface area (Å²) in [7, 11) is 2.25. The first-order chi connectivity index (χ1) is 19.0. The smallest absolute Gasteiger partial charge is 0.260 e. The Morgan fingerprint density at radius 1 is 1.05 bits per heavy atom. The SMILES string of the molecule is CN1CCC(O)(c2cc(-c3cccc(-c4ccnc(Nc5ccn(C)n5)n4)n3)nn2COCC[Si](C)(C)C)C1=O. The summed E-state index contributed by atoms with van der Waals surface area (Å²) in [6.07, 6.45) is 3.77. The number of nitrogens with one attached hydrogen (secondary N) is 1. The van der Waals surface area contributed by atoms with Crippen LogP contribution < -0.4 is 5.32 Å². The second-order valence-corrected chi connectivity index (χ2v) is 16.9. The van der Waals surface area contributed by atoms with E-state index in [1.54, 1.807) is 34.7 Å². The highest BCUT2D eigenvalue weighted by molar-refractivity contribution is 6.76. The van der Waals surface area contributed by atoms with Crippen LogP contribution in [0.15, 0.2) is 48.8 Å². The molecular weight excluding hydrogens is 526 g/mol. The number of aliphatic hydroxyl groups is 1. The van der Waals surface area contributed by atoms with Crippen molar-refractivity contribution in [3.8, 4) is 22.8 Å². The number of pyridine rings is 1. The number of hydrogen-bond donors (Lipinski definition) is 2. The van der Waals surface area contributed by atoms with Gasteiger partial charge in [-0.2, -0.15) is 10.2 Å². The van der Waals surface area contributed by atoms with Crippen LogP contribution in [0.2, 0.25) is 25.7 Å². The van der Waals surface area contributed by atoms with Crippen LogP contribution in [0.25, 0.3) is 22.8 Å². The van der Waals surface area contributed by atoms with Crippen molar-refractivity contribution in [2.24, 2.45) is 7.05 Å². The number of aromatic nitrogens is 7. The molecule has 1 aliphatic heterocycles. The Labute approximate surface area is 234 Å². The Morgan fingerprint density at radius 3 is 2.48 bits per heavy atom. The Morgan fingerprint density at radius 2 is 1.80 bits per heavy atom. The molecule has 2 N–H and O–H groups in total. The highest BCUT2D eigenvalue weighted by Gasteiger charge is 2.48. The van der Waals surface area contributed by atoms with Gasteiger partial charge in [0, 0.05) is 60.2 Å². The lowest BCUT2D eigenvalue weighted by atomic mass is 9.97.